The van der Waals surface area contributed by atoms with Crippen LogP contribution >= 0.6 is 0 Å². The summed E-state index contributed by atoms with van der Waals surface area (Å²) in [6, 6.07) is 8.65. The molecule has 1 amide bonds. The maximum atomic E-state index is 12.2. The van der Waals surface area contributed by atoms with E-state index in [0.29, 0.717) is 0 Å². The number of ether oxygens (including phenoxy) is 1. The highest BCUT2D eigenvalue weighted by Crippen LogP contribution is 2.41. The van der Waals surface area contributed by atoms with E-state index >= 15 is 0 Å². The van der Waals surface area contributed by atoms with Crippen LogP contribution in [0.1, 0.15) is 66.9 Å². The predicted molar refractivity (Wildman–Crippen MR) is 127 cm³/mol. The number of rotatable bonds is 3. The molecule has 0 radical (unpaired) electrons. The first kappa shape index (κ1) is 23.6. The lowest BCUT2D eigenvalue weighted by Gasteiger charge is -2.53. The second-order valence-electron chi connectivity index (χ2n) is 11.9. The highest BCUT2D eigenvalue weighted by atomic mass is 16.7. The third-order valence-electron chi connectivity index (χ3n) is 7.53. The molecule has 0 aliphatic carbocycles. The Morgan fingerprint density at radius 3 is 2.03 bits per heavy atom. The number of likely N-dealkylation sites (tertiary alicyclic amines) is 2. The molecule has 32 heavy (non-hydrogen) atoms. The summed E-state index contributed by atoms with van der Waals surface area (Å²) in [7, 11) is -0.310. The van der Waals surface area contributed by atoms with Crippen LogP contribution in [0.3, 0.4) is 0 Å². The lowest BCUT2D eigenvalue weighted by Crippen LogP contribution is -2.62. The van der Waals surface area contributed by atoms with Crippen LogP contribution in [-0.4, -0.2) is 66.0 Å². The molecule has 0 N–H and O–H groups in total. The Kier molecular flexibility index (Phi) is 5.92. The van der Waals surface area contributed by atoms with Crippen molar-refractivity contribution < 1.29 is 18.8 Å². The quantitative estimate of drug-likeness (QED) is 0.667. The largest absolute Gasteiger partial charge is 0.494 e. The SMILES string of the molecule is CC(C)(C)OC(=O)N1CC2(CCN(Cc3ccc(B4OC(C)(C)C(C)(C)O4)cc3)CC2)C1. The van der Waals surface area contributed by atoms with Crippen LogP contribution in [0.5, 0.6) is 0 Å². The van der Waals surface area contributed by atoms with E-state index in [-0.39, 0.29) is 29.8 Å². The molecule has 176 valence electrons. The van der Waals surface area contributed by atoms with Crippen molar-refractivity contribution in [3.8, 4) is 0 Å². The number of benzene rings is 1. The molecule has 7 heteroatoms. The van der Waals surface area contributed by atoms with Crippen molar-refractivity contribution in [2.75, 3.05) is 26.2 Å². The Hall–Kier alpha value is -1.57. The molecule has 6 nitrogen and oxygen atoms in total. The van der Waals surface area contributed by atoms with Gasteiger partial charge in [-0.05, 0) is 85.4 Å². The van der Waals surface area contributed by atoms with E-state index in [1.807, 2.05) is 25.7 Å². The third-order valence-corrected chi connectivity index (χ3v) is 7.53. The summed E-state index contributed by atoms with van der Waals surface area (Å²) in [6.07, 6.45) is 2.10. The summed E-state index contributed by atoms with van der Waals surface area (Å²) in [5, 5.41) is 0. The lowest BCUT2D eigenvalue weighted by molar-refractivity contribution is -0.0600. The molecular weight excluding hydrogens is 403 g/mol. The molecule has 3 saturated heterocycles. The van der Waals surface area contributed by atoms with Crippen LogP contribution < -0.4 is 5.46 Å². The highest BCUT2D eigenvalue weighted by Gasteiger charge is 2.51. The van der Waals surface area contributed by atoms with Crippen molar-refractivity contribution in [1.29, 1.82) is 0 Å². The summed E-state index contributed by atoms with van der Waals surface area (Å²) >= 11 is 0. The predicted octanol–water partition coefficient (Wildman–Crippen LogP) is 3.82. The minimum atomic E-state index is -0.429. The van der Waals surface area contributed by atoms with Crippen molar-refractivity contribution in [1.82, 2.24) is 9.80 Å². The number of amides is 1. The van der Waals surface area contributed by atoms with Gasteiger partial charge >= 0.3 is 13.2 Å². The highest BCUT2D eigenvalue weighted by molar-refractivity contribution is 6.62. The van der Waals surface area contributed by atoms with E-state index in [4.69, 9.17) is 14.0 Å². The normalized spacial score (nSPS) is 24.5. The minimum absolute atomic E-state index is 0.173. The minimum Gasteiger partial charge on any atom is -0.444 e. The maximum Gasteiger partial charge on any atom is 0.494 e. The van der Waals surface area contributed by atoms with E-state index in [9.17, 15) is 4.79 Å². The average Bonchev–Trinajstić information content (AvgIpc) is 2.87. The molecule has 3 heterocycles. The van der Waals surface area contributed by atoms with E-state index in [2.05, 4.69) is 56.9 Å². The van der Waals surface area contributed by atoms with Gasteiger partial charge in [-0.2, -0.15) is 0 Å². The van der Waals surface area contributed by atoms with Gasteiger partial charge in [0.05, 0.1) is 11.2 Å². The monoisotopic (exact) mass is 442 g/mol. The van der Waals surface area contributed by atoms with Crippen LogP contribution in [0.25, 0.3) is 0 Å². The van der Waals surface area contributed by atoms with Crippen LogP contribution in [-0.2, 0) is 20.6 Å². The summed E-state index contributed by atoms with van der Waals surface area (Å²) in [6.45, 7) is 18.8. The fraction of sp³-hybridized carbons (Fsp3) is 0.720. The van der Waals surface area contributed by atoms with Crippen LogP contribution in [0.4, 0.5) is 4.79 Å². The first-order chi connectivity index (χ1) is 14.8. The van der Waals surface area contributed by atoms with Crippen molar-refractivity contribution in [3.05, 3.63) is 29.8 Å². The summed E-state index contributed by atoms with van der Waals surface area (Å²) in [4.78, 5) is 16.6. The van der Waals surface area contributed by atoms with Crippen LogP contribution in [0.15, 0.2) is 24.3 Å². The van der Waals surface area contributed by atoms with E-state index in [0.717, 1.165) is 51.0 Å². The van der Waals surface area contributed by atoms with E-state index < -0.39 is 5.60 Å². The Labute approximate surface area is 193 Å². The second kappa shape index (κ2) is 8.03. The molecule has 0 unspecified atom stereocenters. The van der Waals surface area contributed by atoms with Gasteiger partial charge in [0.15, 0.2) is 0 Å². The fourth-order valence-electron chi connectivity index (χ4n) is 4.74. The zero-order chi connectivity index (χ0) is 23.4. The lowest BCUT2D eigenvalue weighted by atomic mass is 9.72. The van der Waals surface area contributed by atoms with Gasteiger partial charge in [-0.15, -0.1) is 0 Å². The Bertz CT molecular complexity index is 814. The van der Waals surface area contributed by atoms with Crippen LogP contribution in [0.2, 0.25) is 0 Å². The number of nitrogens with zero attached hydrogens (tertiary/aromatic N) is 2. The molecule has 4 rings (SSSR count). The van der Waals surface area contributed by atoms with Gasteiger partial charge in [0.25, 0.3) is 0 Å². The van der Waals surface area contributed by atoms with Gasteiger partial charge < -0.3 is 18.9 Å². The third kappa shape index (κ3) is 4.85. The van der Waals surface area contributed by atoms with Crippen LogP contribution in [0, 0.1) is 5.41 Å². The van der Waals surface area contributed by atoms with Crippen molar-refractivity contribution in [2.45, 2.75) is 84.7 Å². The molecular formula is C25H39BN2O4. The molecule has 1 aromatic rings. The molecule has 0 aromatic heterocycles. The maximum absolute atomic E-state index is 12.2. The van der Waals surface area contributed by atoms with Gasteiger partial charge in [0, 0.05) is 25.0 Å². The standard InChI is InChI=1S/C25H39BN2O4/c1-22(2,3)30-21(29)28-17-25(18-28)12-14-27(15-13-25)16-19-8-10-20(11-9-19)26-31-23(4,5)24(6,7)32-26/h8-11H,12-18H2,1-7H3. The average molecular weight is 442 g/mol. The smallest absolute Gasteiger partial charge is 0.444 e. The number of piperidine rings is 1. The molecule has 0 bridgehead atoms. The molecule has 3 fully saturated rings. The number of hydrogen-bond acceptors (Lipinski definition) is 5. The van der Waals surface area contributed by atoms with Gasteiger partial charge in [0.2, 0.25) is 0 Å². The van der Waals surface area contributed by atoms with Crippen molar-refractivity contribution in [3.63, 3.8) is 0 Å². The Morgan fingerprint density at radius 2 is 1.53 bits per heavy atom. The van der Waals surface area contributed by atoms with Crippen molar-refractivity contribution >= 4 is 18.7 Å². The number of carbonyl (C=O) groups excluding carboxylic acids is 1. The summed E-state index contributed by atoms with van der Waals surface area (Å²) in [5.74, 6) is 0. The van der Waals surface area contributed by atoms with Gasteiger partial charge in [0.1, 0.15) is 5.60 Å². The van der Waals surface area contributed by atoms with E-state index in [1.165, 1.54) is 5.56 Å². The molecule has 3 aliphatic heterocycles. The second-order valence-corrected chi connectivity index (χ2v) is 11.9. The molecule has 0 saturated carbocycles. The van der Waals surface area contributed by atoms with E-state index in [1.54, 1.807) is 0 Å². The molecule has 3 aliphatic rings. The molecule has 1 aromatic carbocycles. The summed E-state index contributed by atoms with van der Waals surface area (Å²) in [5.41, 5.74) is 1.60. The van der Waals surface area contributed by atoms with Gasteiger partial charge in [-0.3, -0.25) is 4.90 Å². The molecule has 0 atom stereocenters. The zero-order valence-corrected chi connectivity index (χ0v) is 20.9. The first-order valence-electron chi connectivity index (χ1n) is 11.9. The first-order valence-corrected chi connectivity index (χ1v) is 11.9. The Morgan fingerprint density at radius 1 is 1.00 bits per heavy atom. The topological polar surface area (TPSA) is 51.2 Å². The summed E-state index contributed by atoms with van der Waals surface area (Å²) < 4.78 is 17.8. The zero-order valence-electron chi connectivity index (χ0n) is 20.9. The Balaban J connectivity index is 1.25. The van der Waals surface area contributed by atoms with Crippen molar-refractivity contribution in [2.24, 2.45) is 5.41 Å². The van der Waals surface area contributed by atoms with Gasteiger partial charge in [-0.25, -0.2) is 4.79 Å². The molecule has 1 spiro atoms. The number of hydrogen-bond donors (Lipinski definition) is 0. The van der Waals surface area contributed by atoms with Gasteiger partial charge in [-0.1, -0.05) is 24.3 Å². The number of carbonyl (C=O) groups is 1. The fourth-order valence-corrected chi connectivity index (χ4v) is 4.74.